The van der Waals surface area contributed by atoms with Gasteiger partial charge in [0.25, 0.3) is 0 Å². The molecule has 0 aromatic heterocycles. The number of likely N-dealkylation sites (N-methyl/N-ethyl adjacent to an activating group) is 1. The van der Waals surface area contributed by atoms with Crippen LogP contribution in [0.4, 0.5) is 0 Å². The van der Waals surface area contributed by atoms with E-state index in [1.54, 1.807) is 31.2 Å². The lowest BCUT2D eigenvalue weighted by atomic mass is 9.96. The Hall–Kier alpha value is -2.17. The van der Waals surface area contributed by atoms with E-state index in [9.17, 15) is 14.4 Å². The third-order valence-electron chi connectivity index (χ3n) is 3.13. The summed E-state index contributed by atoms with van der Waals surface area (Å²) in [6.07, 6.45) is 0.162. The molecule has 1 aromatic carbocycles. The third kappa shape index (κ3) is 1.99. The molecular weight excluding hydrogens is 232 g/mol. The second kappa shape index (κ2) is 4.60. The Labute approximate surface area is 105 Å². The molecule has 0 aliphatic carbocycles. The molecular formula is C13H14N2O3. The molecule has 1 saturated heterocycles. The van der Waals surface area contributed by atoms with Gasteiger partial charge in [-0.2, -0.15) is 0 Å². The van der Waals surface area contributed by atoms with Gasteiger partial charge in [-0.05, 0) is 24.6 Å². The van der Waals surface area contributed by atoms with Crippen LogP contribution < -0.4 is 5.73 Å². The summed E-state index contributed by atoms with van der Waals surface area (Å²) in [6, 6.07) is 6.57. The first-order valence-corrected chi connectivity index (χ1v) is 5.78. The Balaban J connectivity index is 2.33. The van der Waals surface area contributed by atoms with Crippen LogP contribution >= 0.6 is 0 Å². The summed E-state index contributed by atoms with van der Waals surface area (Å²) >= 11 is 0. The second-order valence-electron chi connectivity index (χ2n) is 4.22. The summed E-state index contributed by atoms with van der Waals surface area (Å²) in [5.41, 5.74) is 6.21. The number of nitrogens with two attached hydrogens (primary N) is 1. The summed E-state index contributed by atoms with van der Waals surface area (Å²) in [4.78, 5) is 36.0. The van der Waals surface area contributed by atoms with Gasteiger partial charge in [0, 0.05) is 18.5 Å². The number of amides is 3. The van der Waals surface area contributed by atoms with E-state index in [-0.39, 0.29) is 18.2 Å². The summed E-state index contributed by atoms with van der Waals surface area (Å²) < 4.78 is 0. The van der Waals surface area contributed by atoms with E-state index in [0.717, 1.165) is 0 Å². The Morgan fingerprint density at radius 2 is 2.17 bits per heavy atom. The average Bonchev–Trinajstić information content (AvgIpc) is 2.64. The zero-order chi connectivity index (χ0) is 13.3. The van der Waals surface area contributed by atoms with Gasteiger partial charge in [0.05, 0.1) is 5.92 Å². The van der Waals surface area contributed by atoms with Gasteiger partial charge in [-0.3, -0.25) is 19.3 Å². The first-order valence-electron chi connectivity index (χ1n) is 5.78. The van der Waals surface area contributed by atoms with Crippen LogP contribution in [-0.4, -0.2) is 29.2 Å². The van der Waals surface area contributed by atoms with Crippen molar-refractivity contribution >= 4 is 17.7 Å². The van der Waals surface area contributed by atoms with Gasteiger partial charge in [-0.1, -0.05) is 12.1 Å². The largest absolute Gasteiger partial charge is 0.366 e. The zero-order valence-corrected chi connectivity index (χ0v) is 10.1. The fraction of sp³-hybridized carbons (Fsp3) is 0.308. The predicted molar refractivity (Wildman–Crippen MR) is 64.7 cm³/mol. The number of benzene rings is 1. The monoisotopic (exact) mass is 246 g/mol. The highest BCUT2D eigenvalue weighted by Crippen LogP contribution is 2.29. The summed E-state index contributed by atoms with van der Waals surface area (Å²) in [6.45, 7) is 2.14. The molecule has 1 aliphatic rings. The molecule has 5 heteroatoms. The SMILES string of the molecule is CCN1C(=O)C[C@H](c2cccc(C(N)=O)c2)C1=O. The first-order chi connectivity index (χ1) is 8.54. The van der Waals surface area contributed by atoms with E-state index in [1.165, 1.54) is 4.90 Å². The highest BCUT2D eigenvalue weighted by atomic mass is 16.2. The number of likely N-dealkylation sites (tertiary alicyclic amines) is 1. The molecule has 18 heavy (non-hydrogen) atoms. The van der Waals surface area contributed by atoms with Crippen LogP contribution in [0.3, 0.4) is 0 Å². The molecule has 1 fully saturated rings. The normalized spacial score (nSPS) is 19.4. The number of primary amides is 1. The Kier molecular flexibility index (Phi) is 3.14. The number of nitrogens with zero attached hydrogens (tertiary/aromatic N) is 1. The van der Waals surface area contributed by atoms with Crippen molar-refractivity contribution in [3.05, 3.63) is 35.4 Å². The minimum absolute atomic E-state index is 0.162. The molecule has 0 spiro atoms. The Bertz CT molecular complexity index is 525. The summed E-state index contributed by atoms with van der Waals surface area (Å²) in [5.74, 6) is -1.40. The molecule has 2 N–H and O–H groups in total. The topological polar surface area (TPSA) is 80.5 Å². The van der Waals surface area contributed by atoms with E-state index in [2.05, 4.69) is 0 Å². The van der Waals surface area contributed by atoms with Crippen LogP contribution in [0.25, 0.3) is 0 Å². The number of hydrogen-bond acceptors (Lipinski definition) is 3. The molecule has 1 aliphatic heterocycles. The molecule has 0 bridgehead atoms. The summed E-state index contributed by atoms with van der Waals surface area (Å²) in [7, 11) is 0. The van der Waals surface area contributed by atoms with Crippen molar-refractivity contribution in [3.8, 4) is 0 Å². The average molecular weight is 246 g/mol. The number of imide groups is 1. The first kappa shape index (κ1) is 12.3. The van der Waals surface area contributed by atoms with Crippen molar-refractivity contribution in [1.29, 1.82) is 0 Å². The Morgan fingerprint density at radius 3 is 2.72 bits per heavy atom. The maximum atomic E-state index is 12.0. The molecule has 0 radical (unpaired) electrons. The van der Waals surface area contributed by atoms with Gasteiger partial charge in [0.15, 0.2) is 0 Å². The standard InChI is InChI=1S/C13H14N2O3/c1-2-15-11(16)7-10(13(15)18)8-4-3-5-9(6-8)12(14)17/h3-6,10H,2,7H2,1H3,(H2,14,17)/t10-/m1/s1. The lowest BCUT2D eigenvalue weighted by molar-refractivity contribution is -0.138. The molecule has 1 aromatic rings. The number of carbonyl (C=O) groups excluding carboxylic acids is 3. The van der Waals surface area contributed by atoms with Crippen molar-refractivity contribution in [2.75, 3.05) is 6.54 Å². The van der Waals surface area contributed by atoms with Gasteiger partial charge in [-0.25, -0.2) is 0 Å². The molecule has 94 valence electrons. The minimum atomic E-state index is -0.541. The van der Waals surface area contributed by atoms with E-state index in [4.69, 9.17) is 5.73 Å². The molecule has 0 unspecified atom stereocenters. The van der Waals surface area contributed by atoms with Crippen molar-refractivity contribution in [3.63, 3.8) is 0 Å². The molecule has 5 nitrogen and oxygen atoms in total. The van der Waals surface area contributed by atoms with E-state index in [1.807, 2.05) is 0 Å². The van der Waals surface area contributed by atoms with Crippen LogP contribution in [-0.2, 0) is 9.59 Å². The van der Waals surface area contributed by atoms with Gasteiger partial charge in [0.2, 0.25) is 17.7 Å². The van der Waals surface area contributed by atoms with Gasteiger partial charge >= 0.3 is 0 Å². The second-order valence-corrected chi connectivity index (χ2v) is 4.22. The van der Waals surface area contributed by atoms with Crippen LogP contribution in [0.15, 0.2) is 24.3 Å². The quantitative estimate of drug-likeness (QED) is 0.795. The smallest absolute Gasteiger partial charge is 0.248 e. The van der Waals surface area contributed by atoms with Crippen molar-refractivity contribution < 1.29 is 14.4 Å². The van der Waals surface area contributed by atoms with Gasteiger partial charge in [-0.15, -0.1) is 0 Å². The minimum Gasteiger partial charge on any atom is -0.366 e. The highest BCUT2D eigenvalue weighted by molar-refractivity contribution is 6.06. The third-order valence-corrected chi connectivity index (χ3v) is 3.13. The van der Waals surface area contributed by atoms with E-state index in [0.29, 0.717) is 17.7 Å². The molecule has 0 saturated carbocycles. The fourth-order valence-electron chi connectivity index (χ4n) is 2.18. The van der Waals surface area contributed by atoms with Crippen molar-refractivity contribution in [1.82, 2.24) is 4.90 Å². The van der Waals surface area contributed by atoms with Gasteiger partial charge < -0.3 is 5.73 Å². The number of hydrogen-bond donors (Lipinski definition) is 1. The van der Waals surface area contributed by atoms with E-state index < -0.39 is 11.8 Å². The van der Waals surface area contributed by atoms with Crippen molar-refractivity contribution in [2.24, 2.45) is 5.73 Å². The fourth-order valence-corrected chi connectivity index (χ4v) is 2.18. The molecule has 3 amide bonds. The lowest BCUT2D eigenvalue weighted by Gasteiger charge is -2.12. The maximum absolute atomic E-state index is 12.0. The number of rotatable bonds is 3. The van der Waals surface area contributed by atoms with Gasteiger partial charge in [0.1, 0.15) is 0 Å². The molecule has 1 heterocycles. The van der Waals surface area contributed by atoms with Crippen LogP contribution in [0.2, 0.25) is 0 Å². The van der Waals surface area contributed by atoms with Crippen LogP contribution in [0.5, 0.6) is 0 Å². The lowest BCUT2D eigenvalue weighted by Crippen LogP contribution is -2.29. The maximum Gasteiger partial charge on any atom is 0.248 e. The number of carbonyl (C=O) groups is 3. The molecule has 2 rings (SSSR count). The van der Waals surface area contributed by atoms with Crippen LogP contribution in [0.1, 0.15) is 35.2 Å². The van der Waals surface area contributed by atoms with Crippen LogP contribution in [0, 0.1) is 0 Å². The zero-order valence-electron chi connectivity index (χ0n) is 10.1. The summed E-state index contributed by atoms with van der Waals surface area (Å²) in [5, 5.41) is 0. The van der Waals surface area contributed by atoms with Crippen molar-refractivity contribution in [2.45, 2.75) is 19.3 Å². The highest BCUT2D eigenvalue weighted by Gasteiger charge is 2.38. The molecule has 1 atom stereocenters. The predicted octanol–water partition coefficient (Wildman–Crippen LogP) is 0.648. The van der Waals surface area contributed by atoms with E-state index >= 15 is 0 Å². The Morgan fingerprint density at radius 1 is 1.44 bits per heavy atom.